The molecular formula is C9H16. The molecule has 1 fully saturated rings. The van der Waals surface area contributed by atoms with Crippen molar-refractivity contribution < 1.29 is 0 Å². The average Bonchev–Trinajstić information content (AvgIpc) is 2.63. The molecule has 1 saturated carbocycles. The van der Waals surface area contributed by atoms with Gasteiger partial charge in [-0.05, 0) is 25.7 Å². The standard InChI is InChI=1S/C9H16/c1-2-3-4-5-6-9-7-8-9/h2-3,9H,4-8H2,1H3. The van der Waals surface area contributed by atoms with Gasteiger partial charge in [-0.2, -0.15) is 0 Å². The van der Waals surface area contributed by atoms with Crippen LogP contribution in [0.2, 0.25) is 0 Å². The Labute approximate surface area is 58.0 Å². The van der Waals surface area contributed by atoms with Gasteiger partial charge < -0.3 is 0 Å². The molecule has 52 valence electrons. The summed E-state index contributed by atoms with van der Waals surface area (Å²) in [4.78, 5) is 0. The Morgan fingerprint density at radius 1 is 1.44 bits per heavy atom. The molecule has 0 nitrogen and oxygen atoms in total. The van der Waals surface area contributed by atoms with E-state index in [0.29, 0.717) is 0 Å². The molecule has 0 heteroatoms. The minimum absolute atomic E-state index is 1.12. The van der Waals surface area contributed by atoms with Gasteiger partial charge in [0.2, 0.25) is 0 Å². The van der Waals surface area contributed by atoms with Gasteiger partial charge in [0.05, 0.1) is 0 Å². The number of hydrogen-bond acceptors (Lipinski definition) is 0. The minimum Gasteiger partial charge on any atom is -0.0917 e. The molecule has 0 unspecified atom stereocenters. The van der Waals surface area contributed by atoms with Gasteiger partial charge >= 0.3 is 0 Å². The molecular weight excluding hydrogens is 108 g/mol. The van der Waals surface area contributed by atoms with Crippen LogP contribution in [0.5, 0.6) is 0 Å². The van der Waals surface area contributed by atoms with E-state index >= 15 is 0 Å². The smallest absolute Gasteiger partial charge is 0.0351 e. The number of hydrogen-bond donors (Lipinski definition) is 0. The highest BCUT2D eigenvalue weighted by Gasteiger charge is 2.19. The topological polar surface area (TPSA) is 0 Å². The largest absolute Gasteiger partial charge is 0.0917 e. The average molecular weight is 124 g/mol. The van der Waals surface area contributed by atoms with Gasteiger partial charge in [0, 0.05) is 0 Å². The van der Waals surface area contributed by atoms with Gasteiger partial charge in [-0.1, -0.05) is 31.4 Å². The molecule has 0 heterocycles. The summed E-state index contributed by atoms with van der Waals surface area (Å²) >= 11 is 0. The lowest BCUT2D eigenvalue weighted by Gasteiger charge is -1.91. The lowest BCUT2D eigenvalue weighted by atomic mass is 10.2. The van der Waals surface area contributed by atoms with E-state index in [1.165, 1.54) is 32.1 Å². The molecule has 1 rings (SSSR count). The molecule has 9 heavy (non-hydrogen) atoms. The summed E-state index contributed by atoms with van der Waals surface area (Å²) < 4.78 is 0. The van der Waals surface area contributed by atoms with Crippen molar-refractivity contribution in [2.24, 2.45) is 5.92 Å². The predicted octanol–water partition coefficient (Wildman–Crippen LogP) is 3.14. The fraction of sp³-hybridized carbons (Fsp3) is 0.778. The van der Waals surface area contributed by atoms with Crippen molar-refractivity contribution in [2.75, 3.05) is 0 Å². The zero-order valence-electron chi connectivity index (χ0n) is 6.27. The van der Waals surface area contributed by atoms with Crippen LogP contribution in [0.1, 0.15) is 39.0 Å². The molecule has 1 aliphatic carbocycles. The summed E-state index contributed by atoms with van der Waals surface area (Å²) in [5.41, 5.74) is 0. The first-order valence-electron chi connectivity index (χ1n) is 4.04. The molecule has 0 N–H and O–H groups in total. The molecule has 0 radical (unpaired) electrons. The third kappa shape index (κ3) is 3.34. The number of unbranched alkanes of at least 4 members (excludes halogenated alkanes) is 1. The first kappa shape index (κ1) is 6.85. The fourth-order valence-corrected chi connectivity index (χ4v) is 1.10. The highest BCUT2D eigenvalue weighted by Crippen LogP contribution is 2.33. The Kier molecular flexibility index (Phi) is 2.82. The summed E-state index contributed by atoms with van der Waals surface area (Å²) in [6.45, 7) is 2.09. The van der Waals surface area contributed by atoms with Crippen molar-refractivity contribution >= 4 is 0 Å². The molecule has 1 aliphatic rings. The van der Waals surface area contributed by atoms with Crippen molar-refractivity contribution in [1.82, 2.24) is 0 Å². The van der Waals surface area contributed by atoms with Crippen LogP contribution in [0, 0.1) is 5.92 Å². The Hall–Kier alpha value is -0.260. The summed E-state index contributed by atoms with van der Waals surface area (Å²) in [6, 6.07) is 0. The summed E-state index contributed by atoms with van der Waals surface area (Å²) in [6.07, 6.45) is 11.6. The summed E-state index contributed by atoms with van der Waals surface area (Å²) in [5.74, 6) is 1.12. The van der Waals surface area contributed by atoms with Gasteiger partial charge in [-0.15, -0.1) is 0 Å². The monoisotopic (exact) mass is 124 g/mol. The lowest BCUT2D eigenvalue weighted by Crippen LogP contribution is -1.74. The Bertz CT molecular complexity index is 88.2. The maximum atomic E-state index is 2.27. The number of rotatable bonds is 4. The van der Waals surface area contributed by atoms with E-state index in [-0.39, 0.29) is 0 Å². The molecule has 0 aromatic heterocycles. The SMILES string of the molecule is CC=CCCCC1CC1. The molecule has 0 saturated heterocycles. The van der Waals surface area contributed by atoms with Crippen LogP contribution >= 0.6 is 0 Å². The van der Waals surface area contributed by atoms with Gasteiger partial charge in [0.15, 0.2) is 0 Å². The van der Waals surface area contributed by atoms with Crippen molar-refractivity contribution in [1.29, 1.82) is 0 Å². The van der Waals surface area contributed by atoms with Gasteiger partial charge in [0.25, 0.3) is 0 Å². The van der Waals surface area contributed by atoms with Crippen molar-refractivity contribution in [3.05, 3.63) is 12.2 Å². The van der Waals surface area contributed by atoms with Crippen LogP contribution in [-0.2, 0) is 0 Å². The van der Waals surface area contributed by atoms with E-state index in [0.717, 1.165) is 5.92 Å². The molecule has 0 aliphatic heterocycles. The van der Waals surface area contributed by atoms with Crippen LogP contribution in [0.15, 0.2) is 12.2 Å². The Balaban J connectivity index is 1.81. The first-order valence-corrected chi connectivity index (χ1v) is 4.04. The maximum absolute atomic E-state index is 2.27. The third-order valence-electron chi connectivity index (χ3n) is 1.92. The van der Waals surface area contributed by atoms with Crippen LogP contribution in [0.25, 0.3) is 0 Å². The van der Waals surface area contributed by atoms with Crippen molar-refractivity contribution in [3.63, 3.8) is 0 Å². The van der Waals surface area contributed by atoms with Crippen LogP contribution < -0.4 is 0 Å². The molecule has 0 bridgehead atoms. The van der Waals surface area contributed by atoms with Crippen LogP contribution in [0.3, 0.4) is 0 Å². The summed E-state index contributed by atoms with van der Waals surface area (Å²) in [7, 11) is 0. The van der Waals surface area contributed by atoms with E-state index in [1.807, 2.05) is 0 Å². The lowest BCUT2D eigenvalue weighted by molar-refractivity contribution is 0.675. The fourth-order valence-electron chi connectivity index (χ4n) is 1.10. The molecule has 0 atom stereocenters. The Morgan fingerprint density at radius 3 is 2.78 bits per heavy atom. The first-order chi connectivity index (χ1) is 4.43. The van der Waals surface area contributed by atoms with E-state index < -0.39 is 0 Å². The van der Waals surface area contributed by atoms with E-state index in [1.54, 1.807) is 0 Å². The molecule has 0 aromatic carbocycles. The zero-order chi connectivity index (χ0) is 6.53. The second-order valence-electron chi connectivity index (χ2n) is 2.94. The van der Waals surface area contributed by atoms with E-state index in [4.69, 9.17) is 0 Å². The Morgan fingerprint density at radius 2 is 2.22 bits per heavy atom. The maximum Gasteiger partial charge on any atom is -0.0351 e. The third-order valence-corrected chi connectivity index (χ3v) is 1.92. The van der Waals surface area contributed by atoms with Gasteiger partial charge in [-0.25, -0.2) is 0 Å². The number of allylic oxidation sites excluding steroid dienone is 2. The van der Waals surface area contributed by atoms with Crippen molar-refractivity contribution in [3.8, 4) is 0 Å². The predicted molar refractivity (Wildman–Crippen MR) is 41.4 cm³/mol. The van der Waals surface area contributed by atoms with Gasteiger partial charge in [-0.3, -0.25) is 0 Å². The molecule has 0 spiro atoms. The zero-order valence-corrected chi connectivity index (χ0v) is 6.27. The van der Waals surface area contributed by atoms with Crippen LogP contribution in [0.4, 0.5) is 0 Å². The normalized spacial score (nSPS) is 19.2. The molecule has 0 aromatic rings. The minimum atomic E-state index is 1.12. The quantitative estimate of drug-likeness (QED) is 0.399. The second-order valence-corrected chi connectivity index (χ2v) is 2.94. The molecule has 0 amide bonds. The van der Waals surface area contributed by atoms with E-state index in [9.17, 15) is 0 Å². The van der Waals surface area contributed by atoms with Crippen molar-refractivity contribution in [2.45, 2.75) is 39.0 Å². The van der Waals surface area contributed by atoms with E-state index in [2.05, 4.69) is 19.1 Å². The van der Waals surface area contributed by atoms with Gasteiger partial charge in [0.1, 0.15) is 0 Å². The van der Waals surface area contributed by atoms with Crippen LogP contribution in [-0.4, -0.2) is 0 Å². The highest BCUT2D eigenvalue weighted by atomic mass is 14.2. The second kappa shape index (κ2) is 3.71. The highest BCUT2D eigenvalue weighted by molar-refractivity contribution is 4.79. The summed E-state index contributed by atoms with van der Waals surface area (Å²) in [5, 5.41) is 0.